The second-order valence-corrected chi connectivity index (χ2v) is 9.05. The van der Waals surface area contributed by atoms with Gasteiger partial charge in [-0.25, -0.2) is 89.7 Å². The zero-order valence-corrected chi connectivity index (χ0v) is 24.4. The van der Waals surface area contributed by atoms with Crippen LogP contribution >= 0.6 is 0 Å². The van der Waals surface area contributed by atoms with E-state index in [9.17, 15) is 0 Å². The standard InChI is InChI=1S/2C15H9N9/c2*1-4-16-10(17-5-1)13-22-14(11-18-6-2-7-19-11)24-15(23-13)12-20-8-3-9-21-12/h2*1-9H. The van der Waals surface area contributed by atoms with E-state index in [0.29, 0.717) is 69.9 Å². The lowest BCUT2D eigenvalue weighted by Gasteiger charge is -2.04. The fourth-order valence-electron chi connectivity index (χ4n) is 3.84. The van der Waals surface area contributed by atoms with Gasteiger partial charge in [0.15, 0.2) is 34.9 Å². The summed E-state index contributed by atoms with van der Waals surface area (Å²) in [6.45, 7) is 0. The van der Waals surface area contributed by atoms with Gasteiger partial charge in [0.25, 0.3) is 0 Å². The number of rotatable bonds is 6. The maximum atomic E-state index is 4.37. The van der Waals surface area contributed by atoms with Gasteiger partial charge in [-0.3, -0.25) is 0 Å². The van der Waals surface area contributed by atoms with E-state index >= 15 is 0 Å². The van der Waals surface area contributed by atoms with Crippen molar-refractivity contribution in [1.82, 2.24) is 89.7 Å². The lowest BCUT2D eigenvalue weighted by atomic mass is 10.4. The summed E-state index contributed by atoms with van der Waals surface area (Å²) in [6, 6.07) is 10.3. The molecule has 0 aromatic carbocycles. The first-order chi connectivity index (χ1) is 23.8. The van der Waals surface area contributed by atoms with E-state index < -0.39 is 0 Å². The van der Waals surface area contributed by atoms with E-state index in [4.69, 9.17) is 0 Å². The minimum atomic E-state index is 0.301. The van der Waals surface area contributed by atoms with Gasteiger partial charge in [0, 0.05) is 74.4 Å². The molecule has 0 N–H and O–H groups in total. The molecule has 0 aliphatic rings. The van der Waals surface area contributed by atoms with Gasteiger partial charge < -0.3 is 0 Å². The van der Waals surface area contributed by atoms with Crippen LogP contribution in [0, 0.1) is 0 Å². The molecule has 0 saturated heterocycles. The Morgan fingerprint density at radius 1 is 0.167 bits per heavy atom. The van der Waals surface area contributed by atoms with Gasteiger partial charge in [0.05, 0.1) is 0 Å². The molecule has 0 atom stereocenters. The lowest BCUT2D eigenvalue weighted by molar-refractivity contribution is 0.983. The van der Waals surface area contributed by atoms with Crippen LogP contribution < -0.4 is 0 Å². The van der Waals surface area contributed by atoms with Crippen LogP contribution in [0.2, 0.25) is 0 Å². The first-order valence-electron chi connectivity index (χ1n) is 14.0. The molecular formula is C30H18N18. The Kier molecular flexibility index (Phi) is 8.57. The number of nitrogens with zero attached hydrogens (tertiary/aromatic N) is 18. The van der Waals surface area contributed by atoms with Gasteiger partial charge in [0.2, 0.25) is 34.9 Å². The molecule has 0 bridgehead atoms. The summed E-state index contributed by atoms with van der Waals surface area (Å²) in [5.74, 6) is 4.03. The SMILES string of the molecule is c1cnc(-c2nc(-c3ncccn3)nc(-c3ncccn3)n2)nc1.c1cnc(-c2nc(-c3ncccn3)nc(-c3ncccn3)n2)nc1. The zero-order chi connectivity index (χ0) is 32.4. The van der Waals surface area contributed by atoms with E-state index in [1.54, 1.807) is 111 Å². The van der Waals surface area contributed by atoms with Crippen LogP contribution in [0.5, 0.6) is 0 Å². The molecule has 8 aromatic rings. The first-order valence-corrected chi connectivity index (χ1v) is 14.0. The van der Waals surface area contributed by atoms with Crippen LogP contribution in [0.4, 0.5) is 0 Å². The van der Waals surface area contributed by atoms with Crippen molar-refractivity contribution in [2.45, 2.75) is 0 Å². The summed E-state index contributed by atoms with van der Waals surface area (Å²) in [5, 5.41) is 0. The molecule has 8 heterocycles. The Labute approximate surface area is 270 Å². The molecule has 0 fully saturated rings. The van der Waals surface area contributed by atoms with Crippen molar-refractivity contribution in [2.24, 2.45) is 0 Å². The van der Waals surface area contributed by atoms with Gasteiger partial charge >= 0.3 is 0 Å². The van der Waals surface area contributed by atoms with Crippen molar-refractivity contribution in [3.63, 3.8) is 0 Å². The number of aromatic nitrogens is 18. The molecule has 0 unspecified atom stereocenters. The van der Waals surface area contributed by atoms with E-state index in [1.165, 1.54) is 0 Å². The predicted octanol–water partition coefficient (Wildman–Crippen LogP) is 2.49. The summed E-state index contributed by atoms with van der Waals surface area (Å²) in [7, 11) is 0. The van der Waals surface area contributed by atoms with Gasteiger partial charge in [-0.15, -0.1) is 0 Å². The highest BCUT2D eigenvalue weighted by Crippen LogP contribution is 2.19. The second-order valence-electron chi connectivity index (χ2n) is 9.05. The van der Waals surface area contributed by atoms with Crippen LogP contribution in [-0.2, 0) is 0 Å². The van der Waals surface area contributed by atoms with Crippen LogP contribution in [0.1, 0.15) is 0 Å². The van der Waals surface area contributed by atoms with Gasteiger partial charge in [-0.1, -0.05) is 0 Å². The van der Waals surface area contributed by atoms with Crippen molar-refractivity contribution in [1.29, 1.82) is 0 Å². The Hall–Kier alpha value is -7.50. The summed E-state index contributed by atoms with van der Waals surface area (Å²) in [5.41, 5.74) is 0. The Morgan fingerprint density at radius 2 is 0.292 bits per heavy atom. The highest BCUT2D eigenvalue weighted by Gasteiger charge is 2.17. The minimum absolute atomic E-state index is 0.301. The molecule has 228 valence electrons. The molecule has 8 rings (SSSR count). The summed E-state index contributed by atoms with van der Waals surface area (Å²) in [4.78, 5) is 76.3. The van der Waals surface area contributed by atoms with Crippen molar-refractivity contribution in [3.8, 4) is 69.9 Å². The Morgan fingerprint density at radius 3 is 0.417 bits per heavy atom. The van der Waals surface area contributed by atoms with E-state index in [1.807, 2.05) is 0 Å². The molecule has 8 aromatic heterocycles. The van der Waals surface area contributed by atoms with Crippen molar-refractivity contribution < 1.29 is 0 Å². The van der Waals surface area contributed by atoms with E-state index in [0.717, 1.165) is 0 Å². The van der Waals surface area contributed by atoms with Crippen molar-refractivity contribution in [3.05, 3.63) is 111 Å². The fourth-order valence-corrected chi connectivity index (χ4v) is 3.84. The summed E-state index contributed by atoms with van der Waals surface area (Å²) in [6.07, 6.45) is 19.4. The Balaban J connectivity index is 0.000000152. The van der Waals surface area contributed by atoms with Crippen LogP contribution in [-0.4, -0.2) is 89.7 Å². The molecule has 0 aliphatic heterocycles. The normalized spacial score (nSPS) is 10.5. The molecule has 0 radical (unpaired) electrons. The average molecular weight is 631 g/mol. The van der Waals surface area contributed by atoms with Crippen LogP contribution in [0.25, 0.3) is 69.9 Å². The van der Waals surface area contributed by atoms with Crippen molar-refractivity contribution in [2.75, 3.05) is 0 Å². The highest BCUT2D eigenvalue weighted by atomic mass is 15.1. The van der Waals surface area contributed by atoms with E-state index in [2.05, 4.69) is 89.7 Å². The molecule has 0 aliphatic carbocycles. The third kappa shape index (κ3) is 6.91. The molecule has 48 heavy (non-hydrogen) atoms. The monoisotopic (exact) mass is 630 g/mol. The third-order valence-corrected chi connectivity index (χ3v) is 5.87. The summed E-state index contributed by atoms with van der Waals surface area (Å²) >= 11 is 0. The smallest absolute Gasteiger partial charge is 0.202 e. The molecule has 0 saturated carbocycles. The third-order valence-electron chi connectivity index (χ3n) is 5.87. The second kappa shape index (κ2) is 14.1. The van der Waals surface area contributed by atoms with Crippen molar-refractivity contribution >= 4 is 0 Å². The maximum absolute atomic E-state index is 4.37. The van der Waals surface area contributed by atoms with Gasteiger partial charge in [0.1, 0.15) is 0 Å². The van der Waals surface area contributed by atoms with Gasteiger partial charge in [-0.2, -0.15) is 0 Å². The number of hydrogen-bond donors (Lipinski definition) is 0. The quantitative estimate of drug-likeness (QED) is 0.256. The summed E-state index contributed by atoms with van der Waals surface area (Å²) < 4.78 is 0. The molecule has 18 heteroatoms. The zero-order valence-electron chi connectivity index (χ0n) is 24.4. The van der Waals surface area contributed by atoms with E-state index in [-0.39, 0.29) is 0 Å². The number of hydrogen-bond acceptors (Lipinski definition) is 18. The topological polar surface area (TPSA) is 232 Å². The first kappa shape index (κ1) is 29.2. The van der Waals surface area contributed by atoms with Crippen LogP contribution in [0.15, 0.2) is 111 Å². The maximum Gasteiger partial charge on any atom is 0.202 e. The lowest BCUT2D eigenvalue weighted by Crippen LogP contribution is -2.05. The minimum Gasteiger partial charge on any atom is -0.234 e. The Bertz CT molecular complexity index is 1780. The van der Waals surface area contributed by atoms with Gasteiger partial charge in [-0.05, 0) is 36.4 Å². The average Bonchev–Trinajstić information content (AvgIpc) is 3.20. The molecule has 18 nitrogen and oxygen atoms in total. The molecular weight excluding hydrogens is 612 g/mol. The molecule has 0 spiro atoms. The highest BCUT2D eigenvalue weighted by molar-refractivity contribution is 5.57. The largest absolute Gasteiger partial charge is 0.234 e. The fraction of sp³-hybridized carbons (Fsp3) is 0. The molecule has 0 amide bonds. The van der Waals surface area contributed by atoms with Crippen LogP contribution in [0.3, 0.4) is 0 Å². The predicted molar refractivity (Wildman–Crippen MR) is 166 cm³/mol.